The van der Waals surface area contributed by atoms with E-state index in [1.165, 1.54) is 11.1 Å². The standard InChI is InChI=1S/C22H25N7O3S/c1-6-27(22-26-13(4)18(33-22)21(31)32-8-3)20(30)16-12-25-29-17(9-10-23-19(16)29)15-11-24-28(7-2)14(15)5/h9-12H,6-8H2,1-5H3. The van der Waals surface area contributed by atoms with Gasteiger partial charge in [-0.3, -0.25) is 14.4 Å². The SMILES string of the molecule is CCOC(=O)c1sc(N(CC)C(=O)c2cnn3c(-c4cnn(CC)c4C)ccnc23)nc1C. The fourth-order valence-corrected chi connectivity index (χ4v) is 4.68. The maximum atomic E-state index is 13.5. The van der Waals surface area contributed by atoms with Crippen LogP contribution in [-0.2, 0) is 11.3 Å². The Bertz CT molecular complexity index is 1340. The summed E-state index contributed by atoms with van der Waals surface area (Å²) in [5.74, 6) is -0.727. The van der Waals surface area contributed by atoms with Crippen molar-refractivity contribution < 1.29 is 14.3 Å². The summed E-state index contributed by atoms with van der Waals surface area (Å²) in [4.78, 5) is 36.5. The molecule has 4 rings (SSSR count). The molecule has 0 aromatic carbocycles. The number of hydrogen-bond acceptors (Lipinski definition) is 8. The van der Waals surface area contributed by atoms with Crippen molar-refractivity contribution in [2.24, 2.45) is 0 Å². The number of thiazole rings is 1. The lowest BCUT2D eigenvalue weighted by Crippen LogP contribution is -2.30. The van der Waals surface area contributed by atoms with Gasteiger partial charge in [0.2, 0.25) is 0 Å². The highest BCUT2D eigenvalue weighted by Crippen LogP contribution is 2.29. The summed E-state index contributed by atoms with van der Waals surface area (Å²) in [5, 5.41) is 9.30. The number of nitrogens with zero attached hydrogens (tertiary/aromatic N) is 7. The van der Waals surface area contributed by atoms with Gasteiger partial charge >= 0.3 is 5.97 Å². The first-order chi connectivity index (χ1) is 15.9. The number of fused-ring (bicyclic) bond motifs is 1. The summed E-state index contributed by atoms with van der Waals surface area (Å²) >= 11 is 1.14. The number of aryl methyl sites for hydroxylation is 2. The van der Waals surface area contributed by atoms with Gasteiger partial charge in [-0.05, 0) is 40.7 Å². The van der Waals surface area contributed by atoms with Crippen molar-refractivity contribution in [2.45, 2.75) is 41.2 Å². The van der Waals surface area contributed by atoms with Gasteiger partial charge in [0, 0.05) is 30.5 Å². The molecular formula is C22H25N7O3S. The molecule has 0 unspecified atom stereocenters. The number of esters is 1. The molecule has 33 heavy (non-hydrogen) atoms. The van der Waals surface area contributed by atoms with E-state index >= 15 is 0 Å². The number of anilines is 1. The summed E-state index contributed by atoms with van der Waals surface area (Å²) in [7, 11) is 0. The Balaban J connectivity index is 1.73. The first-order valence-corrected chi connectivity index (χ1v) is 11.5. The van der Waals surface area contributed by atoms with Crippen LogP contribution in [0.3, 0.4) is 0 Å². The predicted octanol–water partition coefficient (Wildman–Crippen LogP) is 3.53. The second-order valence-electron chi connectivity index (χ2n) is 7.26. The summed E-state index contributed by atoms with van der Waals surface area (Å²) in [6.45, 7) is 10.8. The fourth-order valence-electron chi connectivity index (χ4n) is 3.66. The molecule has 0 radical (unpaired) electrons. The third kappa shape index (κ3) is 3.88. The van der Waals surface area contributed by atoms with Crippen LogP contribution in [0.2, 0.25) is 0 Å². The molecule has 0 atom stereocenters. The number of carbonyl (C=O) groups is 2. The number of rotatable bonds is 7. The second-order valence-corrected chi connectivity index (χ2v) is 8.24. The third-order valence-electron chi connectivity index (χ3n) is 5.35. The van der Waals surface area contributed by atoms with Crippen molar-refractivity contribution in [3.8, 4) is 11.3 Å². The molecule has 0 aliphatic heterocycles. The van der Waals surface area contributed by atoms with E-state index in [1.54, 1.807) is 30.8 Å². The van der Waals surface area contributed by atoms with E-state index in [0.29, 0.717) is 33.5 Å². The summed E-state index contributed by atoms with van der Waals surface area (Å²) in [6.07, 6.45) is 4.97. The zero-order chi connectivity index (χ0) is 23.7. The summed E-state index contributed by atoms with van der Waals surface area (Å²) < 4.78 is 8.66. The molecule has 11 heteroatoms. The molecule has 4 heterocycles. The van der Waals surface area contributed by atoms with E-state index in [-0.39, 0.29) is 12.5 Å². The van der Waals surface area contributed by atoms with Crippen LogP contribution in [0.1, 0.15) is 52.2 Å². The largest absolute Gasteiger partial charge is 0.462 e. The molecule has 172 valence electrons. The highest BCUT2D eigenvalue weighted by atomic mass is 32.1. The van der Waals surface area contributed by atoms with Crippen LogP contribution in [0.4, 0.5) is 5.13 Å². The molecule has 4 aromatic heterocycles. The van der Waals surface area contributed by atoms with Crippen molar-refractivity contribution in [1.82, 2.24) is 29.4 Å². The molecule has 0 fully saturated rings. The lowest BCUT2D eigenvalue weighted by atomic mass is 10.2. The van der Waals surface area contributed by atoms with Gasteiger partial charge in [0.05, 0.1) is 30.4 Å². The van der Waals surface area contributed by atoms with E-state index < -0.39 is 5.97 Å². The molecule has 0 bridgehead atoms. The van der Waals surface area contributed by atoms with Crippen LogP contribution in [0.15, 0.2) is 24.7 Å². The molecule has 0 saturated carbocycles. The Hall–Kier alpha value is -3.60. The van der Waals surface area contributed by atoms with Crippen LogP contribution in [0.5, 0.6) is 0 Å². The van der Waals surface area contributed by atoms with E-state index in [9.17, 15) is 9.59 Å². The first-order valence-electron chi connectivity index (χ1n) is 10.7. The van der Waals surface area contributed by atoms with Gasteiger partial charge in [0.1, 0.15) is 10.4 Å². The van der Waals surface area contributed by atoms with Gasteiger partial charge < -0.3 is 4.74 Å². The number of amides is 1. The fraction of sp³-hybridized carbons (Fsp3) is 0.364. The minimum atomic E-state index is -0.437. The van der Waals surface area contributed by atoms with Crippen LogP contribution in [-0.4, -0.2) is 54.4 Å². The number of aromatic nitrogens is 6. The molecule has 1 amide bonds. The first kappa shape index (κ1) is 22.6. The van der Waals surface area contributed by atoms with Crippen molar-refractivity contribution in [1.29, 1.82) is 0 Å². The maximum absolute atomic E-state index is 13.5. The quantitative estimate of drug-likeness (QED) is 0.383. The van der Waals surface area contributed by atoms with E-state index in [4.69, 9.17) is 4.74 Å². The molecule has 10 nitrogen and oxygen atoms in total. The van der Waals surface area contributed by atoms with Gasteiger partial charge in [-0.15, -0.1) is 0 Å². The monoisotopic (exact) mass is 467 g/mol. The van der Waals surface area contributed by atoms with Gasteiger partial charge in [-0.1, -0.05) is 11.3 Å². The van der Waals surface area contributed by atoms with E-state index in [0.717, 1.165) is 34.8 Å². The van der Waals surface area contributed by atoms with Crippen molar-refractivity contribution in [2.75, 3.05) is 18.1 Å². The van der Waals surface area contributed by atoms with Gasteiger partial charge in [0.25, 0.3) is 5.91 Å². The number of hydrogen-bond donors (Lipinski definition) is 0. The smallest absolute Gasteiger partial charge is 0.350 e. The highest BCUT2D eigenvalue weighted by Gasteiger charge is 2.27. The molecule has 4 aromatic rings. The van der Waals surface area contributed by atoms with E-state index in [1.807, 2.05) is 31.5 Å². The lowest BCUT2D eigenvalue weighted by Gasteiger charge is -2.16. The third-order valence-corrected chi connectivity index (χ3v) is 6.51. The van der Waals surface area contributed by atoms with Crippen molar-refractivity contribution in [3.05, 3.63) is 46.5 Å². The molecule has 0 N–H and O–H groups in total. The second kappa shape index (κ2) is 9.10. The average Bonchev–Trinajstić information content (AvgIpc) is 3.50. The average molecular weight is 468 g/mol. The minimum absolute atomic E-state index is 0.273. The minimum Gasteiger partial charge on any atom is -0.462 e. The van der Waals surface area contributed by atoms with E-state index in [2.05, 4.69) is 20.2 Å². The molecule has 0 aliphatic carbocycles. The maximum Gasteiger partial charge on any atom is 0.350 e. The van der Waals surface area contributed by atoms with Crippen molar-refractivity contribution >= 4 is 34.0 Å². The molecule has 0 aliphatic rings. The van der Waals surface area contributed by atoms with Crippen LogP contribution in [0, 0.1) is 13.8 Å². The zero-order valence-electron chi connectivity index (χ0n) is 19.2. The molecule has 0 saturated heterocycles. The van der Waals surface area contributed by atoms with Crippen LogP contribution >= 0.6 is 11.3 Å². The number of ether oxygens (including phenoxy) is 1. The Morgan fingerprint density at radius 2 is 1.94 bits per heavy atom. The Morgan fingerprint density at radius 1 is 1.15 bits per heavy atom. The van der Waals surface area contributed by atoms with Crippen LogP contribution < -0.4 is 4.90 Å². The van der Waals surface area contributed by atoms with Gasteiger partial charge in [-0.25, -0.2) is 19.3 Å². The highest BCUT2D eigenvalue weighted by molar-refractivity contribution is 7.17. The van der Waals surface area contributed by atoms with Gasteiger partial charge in [0.15, 0.2) is 10.8 Å². The van der Waals surface area contributed by atoms with Crippen LogP contribution in [0.25, 0.3) is 16.9 Å². The summed E-state index contributed by atoms with van der Waals surface area (Å²) in [5.41, 5.74) is 4.06. The Labute approximate surface area is 194 Å². The normalized spacial score (nSPS) is 11.2. The van der Waals surface area contributed by atoms with Crippen molar-refractivity contribution in [3.63, 3.8) is 0 Å². The zero-order valence-corrected chi connectivity index (χ0v) is 20.0. The Morgan fingerprint density at radius 3 is 2.61 bits per heavy atom. The summed E-state index contributed by atoms with van der Waals surface area (Å²) in [6, 6.07) is 1.85. The topological polar surface area (TPSA) is 108 Å². The Kier molecular flexibility index (Phi) is 6.23. The van der Waals surface area contributed by atoms with Gasteiger partial charge in [-0.2, -0.15) is 10.2 Å². The predicted molar refractivity (Wildman–Crippen MR) is 125 cm³/mol. The molecular weight excluding hydrogens is 442 g/mol. The lowest BCUT2D eigenvalue weighted by molar-refractivity contribution is 0.0531. The number of carbonyl (C=O) groups excluding carboxylic acids is 2. The molecule has 0 spiro atoms.